The van der Waals surface area contributed by atoms with Crippen molar-refractivity contribution < 1.29 is 14.7 Å². The molecule has 0 aliphatic carbocycles. The van der Waals surface area contributed by atoms with Crippen molar-refractivity contribution in [3.63, 3.8) is 0 Å². The molecular weight excluding hydrogens is 377 g/mol. The van der Waals surface area contributed by atoms with E-state index in [1.807, 2.05) is 30.3 Å². The van der Waals surface area contributed by atoms with E-state index < -0.39 is 11.9 Å². The first-order valence-corrected chi connectivity index (χ1v) is 8.30. The summed E-state index contributed by atoms with van der Waals surface area (Å²) in [5.74, 6) is -1.71. The molecule has 0 spiro atoms. The number of aromatic nitrogens is 2. The number of carboxylic acids is 1. The van der Waals surface area contributed by atoms with Gasteiger partial charge in [0, 0.05) is 5.02 Å². The molecule has 1 aromatic heterocycles. The molecule has 1 heterocycles. The molecule has 2 N–H and O–H groups in total. The smallest absolute Gasteiger partial charge is 0.358 e. The lowest BCUT2D eigenvalue weighted by Gasteiger charge is -2.11. The number of anilines is 1. The summed E-state index contributed by atoms with van der Waals surface area (Å²) in [5.41, 5.74) is 0.862. The fraction of sp³-hybridized carbons (Fsp3) is 0.0556. The van der Waals surface area contributed by atoms with Crippen molar-refractivity contribution in [3.8, 4) is 0 Å². The van der Waals surface area contributed by atoms with Crippen LogP contribution in [0.15, 0.2) is 54.9 Å². The Bertz CT molecular complexity index is 971. The van der Waals surface area contributed by atoms with Crippen LogP contribution in [0.1, 0.15) is 26.4 Å². The molecule has 0 fully saturated rings. The maximum absolute atomic E-state index is 12.6. The topological polar surface area (TPSA) is 84.2 Å². The van der Waals surface area contributed by atoms with E-state index in [-0.39, 0.29) is 22.1 Å². The van der Waals surface area contributed by atoms with Crippen LogP contribution in [0.2, 0.25) is 10.0 Å². The molecule has 0 unspecified atom stereocenters. The van der Waals surface area contributed by atoms with Crippen molar-refractivity contribution in [2.45, 2.75) is 6.54 Å². The number of hydrogen-bond donors (Lipinski definition) is 2. The molecular formula is C18H13Cl2N3O3. The van der Waals surface area contributed by atoms with Gasteiger partial charge >= 0.3 is 5.97 Å². The van der Waals surface area contributed by atoms with Crippen LogP contribution in [0.25, 0.3) is 0 Å². The third-order valence-electron chi connectivity index (χ3n) is 3.64. The minimum Gasteiger partial charge on any atom is -0.476 e. The Hall–Kier alpha value is -2.83. The number of amides is 1. The molecule has 8 heteroatoms. The van der Waals surface area contributed by atoms with Crippen LogP contribution in [0.3, 0.4) is 0 Å². The van der Waals surface area contributed by atoms with Gasteiger partial charge < -0.3 is 15.0 Å². The Morgan fingerprint density at radius 2 is 1.85 bits per heavy atom. The summed E-state index contributed by atoms with van der Waals surface area (Å²) in [6.07, 6.45) is 1.37. The molecule has 26 heavy (non-hydrogen) atoms. The molecule has 2 aromatic carbocycles. The Balaban J connectivity index is 1.93. The van der Waals surface area contributed by atoms with Gasteiger partial charge in [-0.05, 0) is 23.8 Å². The predicted molar refractivity (Wildman–Crippen MR) is 99.1 cm³/mol. The molecule has 0 saturated carbocycles. The average Bonchev–Trinajstić information content (AvgIpc) is 2.98. The standard InChI is InChI=1S/C18H13Cl2N3O3/c19-12-6-7-13(14(20)8-12)17(24)22-16-15(18(25)26)21-10-23(16)9-11-4-2-1-3-5-11/h1-8,10H,9H2,(H,22,24)(H,25,26). The number of carbonyl (C=O) groups is 2. The molecule has 3 rings (SSSR count). The number of imidazole rings is 1. The van der Waals surface area contributed by atoms with Crippen LogP contribution >= 0.6 is 23.2 Å². The van der Waals surface area contributed by atoms with Crippen molar-refractivity contribution in [2.75, 3.05) is 5.32 Å². The van der Waals surface area contributed by atoms with E-state index in [1.54, 1.807) is 4.57 Å². The van der Waals surface area contributed by atoms with Gasteiger partial charge in [0.2, 0.25) is 0 Å². The summed E-state index contributed by atoms with van der Waals surface area (Å²) < 4.78 is 1.56. The highest BCUT2D eigenvalue weighted by atomic mass is 35.5. The second-order valence-electron chi connectivity index (χ2n) is 5.44. The molecule has 1 amide bonds. The van der Waals surface area contributed by atoms with Crippen LogP contribution in [0.4, 0.5) is 5.82 Å². The number of rotatable bonds is 5. The molecule has 3 aromatic rings. The number of aromatic carboxylic acids is 1. The van der Waals surface area contributed by atoms with E-state index in [4.69, 9.17) is 23.2 Å². The minimum atomic E-state index is -1.24. The average molecular weight is 390 g/mol. The van der Waals surface area contributed by atoms with Gasteiger partial charge in [-0.2, -0.15) is 0 Å². The van der Waals surface area contributed by atoms with Gasteiger partial charge in [0.25, 0.3) is 5.91 Å². The fourth-order valence-corrected chi connectivity index (χ4v) is 2.91. The van der Waals surface area contributed by atoms with E-state index in [9.17, 15) is 14.7 Å². The highest BCUT2D eigenvalue weighted by Gasteiger charge is 2.21. The molecule has 0 saturated heterocycles. The molecule has 0 atom stereocenters. The molecule has 132 valence electrons. The summed E-state index contributed by atoms with van der Waals surface area (Å²) in [5, 5.41) is 12.5. The predicted octanol–water partition coefficient (Wildman–Crippen LogP) is 4.19. The summed E-state index contributed by atoms with van der Waals surface area (Å²) in [6.45, 7) is 0.352. The monoisotopic (exact) mass is 389 g/mol. The van der Waals surface area contributed by atoms with Crippen LogP contribution in [-0.4, -0.2) is 26.5 Å². The number of carboxylic acid groups (broad SMARTS) is 1. The maximum Gasteiger partial charge on any atom is 0.358 e. The summed E-state index contributed by atoms with van der Waals surface area (Å²) in [4.78, 5) is 27.9. The number of nitrogens with zero attached hydrogens (tertiary/aromatic N) is 2. The number of benzene rings is 2. The van der Waals surface area contributed by atoms with E-state index in [1.165, 1.54) is 24.5 Å². The zero-order valence-electron chi connectivity index (χ0n) is 13.3. The maximum atomic E-state index is 12.6. The Morgan fingerprint density at radius 3 is 2.50 bits per heavy atom. The van der Waals surface area contributed by atoms with Crippen LogP contribution < -0.4 is 5.32 Å². The van der Waals surface area contributed by atoms with Gasteiger partial charge in [-0.15, -0.1) is 0 Å². The van der Waals surface area contributed by atoms with Gasteiger partial charge in [-0.3, -0.25) is 4.79 Å². The normalized spacial score (nSPS) is 10.5. The summed E-state index contributed by atoms with van der Waals surface area (Å²) in [7, 11) is 0. The Kier molecular flexibility index (Phi) is 5.25. The van der Waals surface area contributed by atoms with Crippen molar-refractivity contribution in [3.05, 3.63) is 81.7 Å². The molecule has 0 aliphatic heterocycles. The van der Waals surface area contributed by atoms with Gasteiger partial charge in [0.05, 0.1) is 23.5 Å². The van der Waals surface area contributed by atoms with Gasteiger partial charge in [0.15, 0.2) is 5.69 Å². The van der Waals surface area contributed by atoms with Crippen molar-refractivity contribution in [2.24, 2.45) is 0 Å². The second kappa shape index (κ2) is 7.59. The molecule has 0 radical (unpaired) electrons. The van der Waals surface area contributed by atoms with Gasteiger partial charge in [-0.25, -0.2) is 9.78 Å². The lowest BCUT2D eigenvalue weighted by atomic mass is 10.2. The number of carbonyl (C=O) groups excluding carboxylic acids is 1. The third kappa shape index (κ3) is 3.87. The molecule has 6 nitrogen and oxygen atoms in total. The lowest BCUT2D eigenvalue weighted by Crippen LogP contribution is -2.18. The third-order valence-corrected chi connectivity index (χ3v) is 4.19. The van der Waals surface area contributed by atoms with Gasteiger partial charge in [0.1, 0.15) is 5.82 Å². The quantitative estimate of drug-likeness (QED) is 0.684. The number of halogens is 2. The van der Waals surface area contributed by atoms with E-state index in [0.717, 1.165) is 5.56 Å². The second-order valence-corrected chi connectivity index (χ2v) is 6.28. The van der Waals surface area contributed by atoms with Crippen molar-refractivity contribution in [1.29, 1.82) is 0 Å². The van der Waals surface area contributed by atoms with Crippen molar-refractivity contribution in [1.82, 2.24) is 9.55 Å². The van der Waals surface area contributed by atoms with Gasteiger partial charge in [-0.1, -0.05) is 53.5 Å². The van der Waals surface area contributed by atoms with Crippen LogP contribution in [0.5, 0.6) is 0 Å². The first-order valence-electron chi connectivity index (χ1n) is 7.54. The molecule has 0 aliphatic rings. The van der Waals surface area contributed by atoms with E-state index >= 15 is 0 Å². The summed E-state index contributed by atoms with van der Waals surface area (Å²) in [6, 6.07) is 13.8. The fourth-order valence-electron chi connectivity index (χ4n) is 2.42. The SMILES string of the molecule is O=C(Nc1c(C(=O)O)ncn1Cc1ccccc1)c1ccc(Cl)cc1Cl. The zero-order chi connectivity index (χ0) is 18.7. The number of nitrogens with one attached hydrogen (secondary N) is 1. The Morgan fingerprint density at radius 1 is 1.12 bits per heavy atom. The number of hydrogen-bond acceptors (Lipinski definition) is 3. The first kappa shape index (κ1) is 18.0. The van der Waals surface area contributed by atoms with Crippen molar-refractivity contribution >= 4 is 40.9 Å². The molecule has 0 bridgehead atoms. The highest BCUT2D eigenvalue weighted by Crippen LogP contribution is 2.23. The van der Waals surface area contributed by atoms with Crippen LogP contribution in [-0.2, 0) is 6.54 Å². The summed E-state index contributed by atoms with van der Waals surface area (Å²) >= 11 is 11.9. The lowest BCUT2D eigenvalue weighted by molar-refractivity contribution is 0.0692. The zero-order valence-corrected chi connectivity index (χ0v) is 14.8. The first-order chi connectivity index (χ1) is 12.5. The van der Waals surface area contributed by atoms with Crippen LogP contribution in [0, 0.1) is 0 Å². The minimum absolute atomic E-state index is 0.0809. The van der Waals surface area contributed by atoms with E-state index in [2.05, 4.69) is 10.3 Å². The Labute approximate surface area is 159 Å². The largest absolute Gasteiger partial charge is 0.476 e. The highest BCUT2D eigenvalue weighted by molar-refractivity contribution is 6.37. The van der Waals surface area contributed by atoms with E-state index in [0.29, 0.717) is 11.6 Å².